The van der Waals surface area contributed by atoms with Gasteiger partial charge in [-0.1, -0.05) is 87.2 Å². The summed E-state index contributed by atoms with van der Waals surface area (Å²) in [6, 6.07) is 23.7. The van der Waals surface area contributed by atoms with E-state index in [0.29, 0.717) is 17.7 Å². The number of nitrogens with one attached hydrogen (secondary N) is 1. The summed E-state index contributed by atoms with van der Waals surface area (Å²) in [5, 5.41) is 21.2. The third-order valence-corrected chi connectivity index (χ3v) is 4.76. The third kappa shape index (κ3) is 11.8. The number of rotatable bonds is 5. The molecule has 3 N–H and O–H groups in total. The van der Waals surface area contributed by atoms with Crippen molar-refractivity contribution in [1.29, 1.82) is 0 Å². The molecule has 0 spiro atoms. The van der Waals surface area contributed by atoms with Crippen LogP contribution in [0.3, 0.4) is 0 Å². The predicted molar refractivity (Wildman–Crippen MR) is 149 cm³/mol. The van der Waals surface area contributed by atoms with Crippen LogP contribution in [0.15, 0.2) is 97.6 Å². The number of benzene rings is 3. The Kier molecular flexibility index (Phi) is 15.7. The Balaban J connectivity index is 0.000000644. The number of allylic oxidation sites excluding steroid dienone is 1. The molecule has 0 heterocycles. The summed E-state index contributed by atoms with van der Waals surface area (Å²) in [4.78, 5) is 11.7. The van der Waals surface area contributed by atoms with Gasteiger partial charge in [0.05, 0.1) is 0 Å². The van der Waals surface area contributed by atoms with Crippen LogP contribution in [0.5, 0.6) is 11.5 Å². The van der Waals surface area contributed by atoms with Crippen LogP contribution in [0.4, 0.5) is 0 Å². The summed E-state index contributed by atoms with van der Waals surface area (Å²) in [5.41, 5.74) is 4.32. The first-order valence-corrected chi connectivity index (χ1v) is 11.8. The lowest BCUT2D eigenvalue weighted by atomic mass is 9.91. The summed E-state index contributed by atoms with van der Waals surface area (Å²) in [7, 11) is 0. The summed E-state index contributed by atoms with van der Waals surface area (Å²) in [5.74, 6) is 0.359. The van der Waals surface area contributed by atoms with Crippen LogP contribution >= 0.6 is 0 Å². The van der Waals surface area contributed by atoms with Crippen LogP contribution in [-0.2, 0) is 4.79 Å². The number of phenols is 2. The molecule has 0 aromatic heterocycles. The van der Waals surface area contributed by atoms with Gasteiger partial charge in [0.15, 0.2) is 0 Å². The van der Waals surface area contributed by atoms with E-state index in [1.807, 2.05) is 64.1 Å². The van der Waals surface area contributed by atoms with E-state index < -0.39 is 0 Å². The lowest BCUT2D eigenvalue weighted by Gasteiger charge is -2.18. The number of hydrogen-bond acceptors (Lipinski definition) is 3. The molecule has 1 amide bonds. The molecule has 0 aliphatic heterocycles. The van der Waals surface area contributed by atoms with Gasteiger partial charge in [-0.2, -0.15) is 0 Å². The molecular formula is C31H41NO3. The first-order chi connectivity index (χ1) is 16.7. The van der Waals surface area contributed by atoms with Crippen LogP contribution in [0.2, 0.25) is 0 Å². The highest BCUT2D eigenvalue weighted by Crippen LogP contribution is 2.26. The fraction of sp³-hybridized carbons (Fsp3) is 0.258. The molecule has 3 rings (SSSR count). The van der Waals surface area contributed by atoms with Gasteiger partial charge in [-0.3, -0.25) is 4.79 Å². The van der Waals surface area contributed by atoms with Gasteiger partial charge in [-0.05, 0) is 56.5 Å². The molecule has 3 aromatic rings. The second-order valence-corrected chi connectivity index (χ2v) is 7.70. The molecule has 0 bridgehead atoms. The highest BCUT2D eigenvalue weighted by atomic mass is 16.3. The molecule has 0 radical (unpaired) electrons. The van der Waals surface area contributed by atoms with Gasteiger partial charge in [0.1, 0.15) is 11.5 Å². The Labute approximate surface area is 211 Å². The van der Waals surface area contributed by atoms with E-state index in [0.717, 1.165) is 5.56 Å². The minimum Gasteiger partial charge on any atom is -0.508 e. The average Bonchev–Trinajstić information content (AvgIpc) is 2.86. The zero-order chi connectivity index (χ0) is 26.8. The maximum absolute atomic E-state index is 11.7. The van der Waals surface area contributed by atoms with E-state index in [1.54, 1.807) is 32.1 Å². The minimum absolute atomic E-state index is 0.0955. The Morgan fingerprint density at radius 3 is 1.63 bits per heavy atom. The van der Waals surface area contributed by atoms with Crippen molar-refractivity contribution in [2.75, 3.05) is 6.54 Å². The second-order valence-electron chi connectivity index (χ2n) is 7.70. The van der Waals surface area contributed by atoms with E-state index in [4.69, 9.17) is 10.2 Å². The van der Waals surface area contributed by atoms with Gasteiger partial charge in [-0.15, -0.1) is 6.58 Å². The largest absolute Gasteiger partial charge is 0.508 e. The van der Waals surface area contributed by atoms with Crippen molar-refractivity contribution >= 4 is 5.91 Å². The SMILES string of the molecule is C=C(C)C(=O)NCC(c1ccccc1)c1ccccc1.C=CC.CC.Cc1cc(O)c(C)c(O)c1. The Bertz CT molecular complexity index is 965. The van der Waals surface area contributed by atoms with Gasteiger partial charge in [0.2, 0.25) is 5.91 Å². The minimum atomic E-state index is -0.0955. The number of carbonyl (C=O) groups excluding carboxylic acids is 1. The quantitative estimate of drug-likeness (QED) is 0.265. The number of phenolic OH excluding ortho intramolecular Hbond substituents is 2. The monoisotopic (exact) mass is 475 g/mol. The van der Waals surface area contributed by atoms with E-state index in [1.165, 1.54) is 11.1 Å². The van der Waals surface area contributed by atoms with Crippen molar-refractivity contribution < 1.29 is 15.0 Å². The number of amides is 1. The van der Waals surface area contributed by atoms with Gasteiger partial charge in [-0.25, -0.2) is 0 Å². The topological polar surface area (TPSA) is 69.6 Å². The van der Waals surface area contributed by atoms with Crippen LogP contribution in [0.1, 0.15) is 55.9 Å². The highest BCUT2D eigenvalue weighted by Gasteiger charge is 2.15. The standard InChI is InChI=1S/C18H19NO.C8H10O2.C3H6.C2H6/c1-14(2)18(20)19-13-17(15-9-5-3-6-10-15)16-11-7-4-8-12-16;1-5-3-7(9)6(2)8(10)4-5;1-3-2;1-2/h3-12,17H,1,13H2,2H3,(H,19,20);3-4,9-10H,1-2H3;3H,1H2,2H3;1-2H3. The molecule has 4 heteroatoms. The van der Waals surface area contributed by atoms with Gasteiger partial charge in [0, 0.05) is 23.6 Å². The summed E-state index contributed by atoms with van der Waals surface area (Å²) in [6.07, 6.45) is 1.75. The molecule has 0 saturated heterocycles. The number of aryl methyl sites for hydroxylation is 1. The maximum atomic E-state index is 11.7. The highest BCUT2D eigenvalue weighted by molar-refractivity contribution is 5.92. The summed E-state index contributed by atoms with van der Waals surface area (Å²) >= 11 is 0. The van der Waals surface area contributed by atoms with Crippen molar-refractivity contribution in [3.8, 4) is 11.5 Å². The molecule has 0 saturated carbocycles. The van der Waals surface area contributed by atoms with Gasteiger partial charge >= 0.3 is 0 Å². The Morgan fingerprint density at radius 2 is 1.29 bits per heavy atom. The van der Waals surface area contributed by atoms with Crippen LogP contribution in [0, 0.1) is 13.8 Å². The van der Waals surface area contributed by atoms with Gasteiger partial charge in [0.25, 0.3) is 0 Å². The molecule has 3 aromatic carbocycles. The predicted octanol–water partition coefficient (Wildman–Crippen LogP) is 7.44. The first-order valence-electron chi connectivity index (χ1n) is 11.8. The van der Waals surface area contributed by atoms with E-state index in [-0.39, 0.29) is 23.3 Å². The molecule has 188 valence electrons. The summed E-state index contributed by atoms with van der Waals surface area (Å²) in [6.45, 7) is 18.7. The van der Waals surface area contributed by atoms with Crippen molar-refractivity contribution in [2.24, 2.45) is 0 Å². The molecule has 0 aliphatic rings. The van der Waals surface area contributed by atoms with E-state index in [9.17, 15) is 4.79 Å². The number of hydrogen-bond donors (Lipinski definition) is 3. The average molecular weight is 476 g/mol. The molecule has 0 aliphatic carbocycles. The van der Waals surface area contributed by atoms with Crippen molar-refractivity contribution in [3.05, 3.63) is 120 Å². The van der Waals surface area contributed by atoms with Crippen LogP contribution < -0.4 is 5.32 Å². The molecule has 4 nitrogen and oxygen atoms in total. The summed E-state index contributed by atoms with van der Waals surface area (Å²) < 4.78 is 0. The first kappa shape index (κ1) is 31.2. The smallest absolute Gasteiger partial charge is 0.246 e. The fourth-order valence-corrected chi connectivity index (χ4v) is 2.97. The van der Waals surface area contributed by atoms with Crippen molar-refractivity contribution in [2.45, 2.75) is 47.5 Å². The lowest BCUT2D eigenvalue weighted by molar-refractivity contribution is -0.117. The van der Waals surface area contributed by atoms with E-state index in [2.05, 4.69) is 42.7 Å². The lowest BCUT2D eigenvalue weighted by Crippen LogP contribution is -2.29. The van der Waals surface area contributed by atoms with Crippen LogP contribution in [-0.4, -0.2) is 22.7 Å². The number of aromatic hydroxyl groups is 2. The second kappa shape index (κ2) is 17.7. The Hall–Kier alpha value is -3.79. The molecular weight excluding hydrogens is 434 g/mol. The zero-order valence-electron chi connectivity index (χ0n) is 22.0. The number of carbonyl (C=O) groups is 1. The molecule has 35 heavy (non-hydrogen) atoms. The van der Waals surface area contributed by atoms with E-state index >= 15 is 0 Å². The zero-order valence-corrected chi connectivity index (χ0v) is 22.0. The molecule has 0 atom stereocenters. The van der Waals surface area contributed by atoms with Crippen molar-refractivity contribution in [1.82, 2.24) is 5.32 Å². The van der Waals surface area contributed by atoms with Gasteiger partial charge < -0.3 is 15.5 Å². The van der Waals surface area contributed by atoms with Crippen molar-refractivity contribution in [3.63, 3.8) is 0 Å². The Morgan fingerprint density at radius 1 is 0.914 bits per heavy atom. The molecule has 0 fully saturated rings. The fourth-order valence-electron chi connectivity index (χ4n) is 2.97. The maximum Gasteiger partial charge on any atom is 0.246 e. The third-order valence-electron chi connectivity index (χ3n) is 4.76. The molecule has 0 unspecified atom stereocenters. The normalized spacial score (nSPS) is 9.23. The van der Waals surface area contributed by atoms with Crippen LogP contribution in [0.25, 0.3) is 0 Å².